The lowest BCUT2D eigenvalue weighted by Crippen LogP contribution is -2.36. The number of benzene rings is 1. The summed E-state index contributed by atoms with van der Waals surface area (Å²) in [6.07, 6.45) is 2.70. The normalized spacial score (nSPS) is 19.4. The van der Waals surface area contributed by atoms with E-state index in [4.69, 9.17) is 4.74 Å². The van der Waals surface area contributed by atoms with Gasteiger partial charge in [0, 0.05) is 19.2 Å². The third-order valence-corrected chi connectivity index (χ3v) is 3.30. The summed E-state index contributed by atoms with van der Waals surface area (Å²) >= 11 is 0. The number of hydrogen-bond donors (Lipinski definition) is 1. The molecule has 0 heterocycles. The summed E-state index contributed by atoms with van der Waals surface area (Å²) in [4.78, 5) is 0. The molecule has 0 aromatic heterocycles. The van der Waals surface area contributed by atoms with Gasteiger partial charge in [-0.15, -0.1) is 0 Å². The second-order valence-electron chi connectivity index (χ2n) is 4.70. The molecule has 1 unspecified atom stereocenters. The summed E-state index contributed by atoms with van der Waals surface area (Å²) in [5.41, 5.74) is 1.35. The molecule has 0 amide bonds. The van der Waals surface area contributed by atoms with Crippen LogP contribution in [0.2, 0.25) is 0 Å². The maximum Gasteiger partial charge on any atom is 0.0618 e. The molecule has 0 spiro atoms. The lowest BCUT2D eigenvalue weighted by molar-refractivity contribution is 0.152. The van der Waals surface area contributed by atoms with E-state index in [0.29, 0.717) is 12.1 Å². The number of nitrogens with one attached hydrogen (secondary N) is 1. The molecule has 1 aromatic carbocycles. The van der Waals surface area contributed by atoms with Crippen LogP contribution in [0.3, 0.4) is 0 Å². The quantitative estimate of drug-likeness (QED) is 0.794. The average Bonchev–Trinajstić information content (AvgIpc) is 3.13. The molecule has 0 radical (unpaired) electrons. The van der Waals surface area contributed by atoms with Crippen LogP contribution in [0.15, 0.2) is 30.3 Å². The Balaban J connectivity index is 1.92. The van der Waals surface area contributed by atoms with Crippen LogP contribution < -0.4 is 5.32 Å². The molecule has 2 heteroatoms. The van der Waals surface area contributed by atoms with Crippen molar-refractivity contribution in [3.8, 4) is 0 Å². The van der Waals surface area contributed by atoms with Gasteiger partial charge in [-0.2, -0.15) is 0 Å². The number of ether oxygens (including phenoxy) is 1. The molecule has 1 saturated carbocycles. The second kappa shape index (κ2) is 5.46. The lowest BCUT2D eigenvalue weighted by atomic mass is 10.1. The Morgan fingerprint density at radius 3 is 2.56 bits per heavy atom. The number of methoxy groups -OCH3 is 1. The summed E-state index contributed by atoms with van der Waals surface area (Å²) < 4.78 is 5.28. The van der Waals surface area contributed by atoms with Gasteiger partial charge in [0.15, 0.2) is 0 Å². The minimum absolute atomic E-state index is 0.405. The molecule has 0 saturated heterocycles. The van der Waals surface area contributed by atoms with Gasteiger partial charge in [0.05, 0.1) is 6.61 Å². The Kier molecular flexibility index (Phi) is 3.97. The van der Waals surface area contributed by atoms with Gasteiger partial charge in [0.2, 0.25) is 0 Å². The van der Waals surface area contributed by atoms with Gasteiger partial charge in [-0.1, -0.05) is 30.3 Å². The Bertz CT molecular complexity index is 308. The predicted molar refractivity (Wildman–Crippen MR) is 66.4 cm³/mol. The van der Waals surface area contributed by atoms with Crippen molar-refractivity contribution in [2.75, 3.05) is 13.7 Å². The largest absolute Gasteiger partial charge is 0.383 e. The summed E-state index contributed by atoms with van der Waals surface area (Å²) in [7, 11) is 1.78. The zero-order chi connectivity index (χ0) is 11.4. The van der Waals surface area contributed by atoms with Crippen molar-refractivity contribution in [3.05, 3.63) is 35.9 Å². The van der Waals surface area contributed by atoms with E-state index in [1.165, 1.54) is 18.4 Å². The molecule has 16 heavy (non-hydrogen) atoms. The highest BCUT2D eigenvalue weighted by Gasteiger charge is 2.31. The Morgan fingerprint density at radius 2 is 2.00 bits per heavy atom. The number of hydrogen-bond acceptors (Lipinski definition) is 2. The van der Waals surface area contributed by atoms with E-state index in [9.17, 15) is 0 Å². The standard InChI is InChI=1S/C14H21NO/c1-11(12-6-4-3-5-7-12)15-14(10-16-2)13-8-9-13/h3-7,11,13-15H,8-10H2,1-2H3/t11?,14-/m1/s1. The first-order valence-corrected chi connectivity index (χ1v) is 6.11. The lowest BCUT2D eigenvalue weighted by Gasteiger charge is -2.23. The smallest absolute Gasteiger partial charge is 0.0618 e. The van der Waals surface area contributed by atoms with E-state index in [1.54, 1.807) is 7.11 Å². The SMILES string of the molecule is COC[C@@H](NC(C)c1ccccc1)C1CC1. The highest BCUT2D eigenvalue weighted by Crippen LogP contribution is 2.33. The molecule has 1 fully saturated rings. The van der Waals surface area contributed by atoms with Crippen LogP contribution in [0.1, 0.15) is 31.4 Å². The van der Waals surface area contributed by atoms with Crippen LogP contribution in [0.5, 0.6) is 0 Å². The van der Waals surface area contributed by atoms with Gasteiger partial charge in [-0.25, -0.2) is 0 Å². The third-order valence-electron chi connectivity index (χ3n) is 3.30. The summed E-state index contributed by atoms with van der Waals surface area (Å²) in [5, 5.41) is 3.67. The molecule has 0 bridgehead atoms. The van der Waals surface area contributed by atoms with Crippen molar-refractivity contribution >= 4 is 0 Å². The van der Waals surface area contributed by atoms with Crippen LogP contribution in [0.25, 0.3) is 0 Å². The Morgan fingerprint density at radius 1 is 1.31 bits per heavy atom. The van der Waals surface area contributed by atoms with Crippen molar-refractivity contribution < 1.29 is 4.74 Å². The van der Waals surface area contributed by atoms with Gasteiger partial charge < -0.3 is 10.1 Å². The van der Waals surface area contributed by atoms with Crippen molar-refractivity contribution in [1.29, 1.82) is 0 Å². The molecule has 1 N–H and O–H groups in total. The van der Waals surface area contributed by atoms with Gasteiger partial charge >= 0.3 is 0 Å². The first-order chi connectivity index (χ1) is 7.81. The summed E-state index contributed by atoms with van der Waals surface area (Å²) in [6, 6.07) is 11.5. The molecular formula is C14H21NO. The second-order valence-corrected chi connectivity index (χ2v) is 4.70. The Labute approximate surface area is 98.0 Å². The van der Waals surface area contributed by atoms with Gasteiger partial charge in [0.1, 0.15) is 0 Å². The number of rotatable bonds is 6. The minimum Gasteiger partial charge on any atom is -0.383 e. The van der Waals surface area contributed by atoms with Crippen molar-refractivity contribution in [1.82, 2.24) is 5.32 Å². The molecule has 1 aliphatic rings. The van der Waals surface area contributed by atoms with Crippen LogP contribution in [-0.4, -0.2) is 19.8 Å². The predicted octanol–water partition coefficient (Wildman–Crippen LogP) is 2.76. The molecule has 1 aliphatic carbocycles. The van der Waals surface area contributed by atoms with E-state index in [0.717, 1.165) is 12.5 Å². The van der Waals surface area contributed by atoms with Gasteiger partial charge in [0.25, 0.3) is 0 Å². The monoisotopic (exact) mass is 219 g/mol. The topological polar surface area (TPSA) is 21.3 Å². The van der Waals surface area contributed by atoms with Crippen molar-refractivity contribution in [2.24, 2.45) is 5.92 Å². The minimum atomic E-state index is 0.405. The average molecular weight is 219 g/mol. The third kappa shape index (κ3) is 3.06. The van der Waals surface area contributed by atoms with E-state index in [2.05, 4.69) is 42.6 Å². The van der Waals surface area contributed by atoms with Crippen molar-refractivity contribution in [2.45, 2.75) is 31.8 Å². The molecule has 2 atom stereocenters. The van der Waals surface area contributed by atoms with Crippen LogP contribution in [0.4, 0.5) is 0 Å². The van der Waals surface area contributed by atoms with Gasteiger partial charge in [-0.05, 0) is 31.2 Å². The maximum atomic E-state index is 5.28. The summed E-state index contributed by atoms with van der Waals surface area (Å²) in [6.45, 7) is 3.04. The van der Waals surface area contributed by atoms with Crippen molar-refractivity contribution in [3.63, 3.8) is 0 Å². The van der Waals surface area contributed by atoms with Gasteiger partial charge in [-0.3, -0.25) is 0 Å². The molecule has 2 rings (SSSR count). The van der Waals surface area contributed by atoms with E-state index >= 15 is 0 Å². The zero-order valence-corrected chi connectivity index (χ0v) is 10.1. The van der Waals surface area contributed by atoms with Crippen LogP contribution in [-0.2, 0) is 4.74 Å². The Hall–Kier alpha value is -0.860. The zero-order valence-electron chi connectivity index (χ0n) is 10.1. The van der Waals surface area contributed by atoms with E-state index < -0.39 is 0 Å². The van der Waals surface area contributed by atoms with Crippen LogP contribution >= 0.6 is 0 Å². The fourth-order valence-corrected chi connectivity index (χ4v) is 2.16. The van der Waals surface area contributed by atoms with Crippen LogP contribution in [0, 0.1) is 5.92 Å². The molecule has 0 aliphatic heterocycles. The molecule has 1 aromatic rings. The molecule has 88 valence electrons. The molecular weight excluding hydrogens is 198 g/mol. The highest BCUT2D eigenvalue weighted by molar-refractivity contribution is 5.18. The van der Waals surface area contributed by atoms with E-state index in [1.807, 2.05) is 0 Å². The van der Waals surface area contributed by atoms with E-state index in [-0.39, 0.29) is 0 Å². The highest BCUT2D eigenvalue weighted by atomic mass is 16.5. The first-order valence-electron chi connectivity index (χ1n) is 6.11. The summed E-state index contributed by atoms with van der Waals surface area (Å²) in [5.74, 6) is 0.825. The maximum absolute atomic E-state index is 5.28. The fraction of sp³-hybridized carbons (Fsp3) is 0.571. The fourth-order valence-electron chi connectivity index (χ4n) is 2.16. The molecule has 2 nitrogen and oxygen atoms in total. The first kappa shape index (κ1) is 11.6.